The van der Waals surface area contributed by atoms with E-state index in [1.165, 1.54) is 231 Å². The average Bonchev–Trinajstić information content (AvgIpc) is 3.52. The van der Waals surface area contributed by atoms with Gasteiger partial charge in [-0.3, -0.25) is 9.59 Å². The van der Waals surface area contributed by atoms with E-state index < -0.39 is 6.10 Å². The molecule has 5 nitrogen and oxygen atoms in total. The number of rotatable bonds is 69. The zero-order chi connectivity index (χ0) is 62.6. The highest BCUT2D eigenvalue weighted by atomic mass is 16.6. The van der Waals surface area contributed by atoms with E-state index >= 15 is 0 Å². The highest BCUT2D eigenvalue weighted by Crippen LogP contribution is 2.19. The lowest BCUT2D eigenvalue weighted by atomic mass is 10.0. The van der Waals surface area contributed by atoms with Crippen molar-refractivity contribution in [3.8, 4) is 0 Å². The molecular formula is C82H142O5. The maximum absolute atomic E-state index is 12.4. The van der Waals surface area contributed by atoms with E-state index in [9.17, 15) is 14.7 Å². The Labute approximate surface area is 541 Å². The molecule has 500 valence electrons. The topological polar surface area (TPSA) is 72.8 Å². The third-order valence-electron chi connectivity index (χ3n) is 16.5. The second-order valence-electron chi connectivity index (χ2n) is 25.0. The molecule has 0 fully saturated rings. The lowest BCUT2D eigenvalue weighted by molar-refractivity contribution is -0.161. The zero-order valence-electron chi connectivity index (χ0n) is 57.5. The van der Waals surface area contributed by atoms with Crippen molar-refractivity contribution < 1.29 is 24.2 Å². The summed E-state index contributed by atoms with van der Waals surface area (Å²) in [6, 6.07) is 0. The van der Waals surface area contributed by atoms with Gasteiger partial charge in [-0.15, -0.1) is 0 Å². The Hall–Kier alpha value is -3.70. The van der Waals surface area contributed by atoms with E-state index in [-0.39, 0.29) is 25.2 Å². The van der Waals surface area contributed by atoms with Crippen molar-refractivity contribution in [2.45, 2.75) is 373 Å². The predicted molar refractivity (Wildman–Crippen MR) is 385 cm³/mol. The summed E-state index contributed by atoms with van der Waals surface area (Å²) >= 11 is 0. The van der Waals surface area contributed by atoms with E-state index in [0.717, 1.165) is 109 Å². The molecule has 0 aliphatic rings. The van der Waals surface area contributed by atoms with Crippen molar-refractivity contribution in [1.29, 1.82) is 0 Å². The summed E-state index contributed by atoms with van der Waals surface area (Å²) in [5.41, 5.74) is 0. The van der Waals surface area contributed by atoms with Gasteiger partial charge in [0.2, 0.25) is 0 Å². The van der Waals surface area contributed by atoms with Crippen molar-refractivity contribution in [3.05, 3.63) is 122 Å². The molecule has 0 rings (SSSR count). The number of ether oxygens (including phenoxy) is 2. The molecule has 0 aromatic heterocycles. The van der Waals surface area contributed by atoms with E-state index in [4.69, 9.17) is 9.47 Å². The van der Waals surface area contributed by atoms with Gasteiger partial charge in [0.25, 0.3) is 0 Å². The normalized spacial score (nSPS) is 12.9. The van der Waals surface area contributed by atoms with Gasteiger partial charge in [-0.25, -0.2) is 0 Å². The molecule has 0 spiro atoms. The van der Waals surface area contributed by atoms with Crippen molar-refractivity contribution in [2.24, 2.45) is 0 Å². The Bertz CT molecular complexity index is 1700. The van der Waals surface area contributed by atoms with Crippen LogP contribution in [0.5, 0.6) is 0 Å². The Kier molecular flexibility index (Phi) is 73.3. The minimum absolute atomic E-state index is 0.0712. The third-order valence-corrected chi connectivity index (χ3v) is 16.5. The van der Waals surface area contributed by atoms with Gasteiger partial charge in [0.05, 0.1) is 6.61 Å². The highest BCUT2D eigenvalue weighted by Gasteiger charge is 2.16. The molecule has 0 aromatic rings. The Morgan fingerprint density at radius 2 is 0.494 bits per heavy atom. The summed E-state index contributed by atoms with van der Waals surface area (Å²) in [7, 11) is 0. The Morgan fingerprint density at radius 3 is 0.747 bits per heavy atom. The number of aliphatic hydroxyl groups excluding tert-OH is 1. The van der Waals surface area contributed by atoms with Crippen molar-refractivity contribution in [1.82, 2.24) is 0 Å². The van der Waals surface area contributed by atoms with Gasteiger partial charge in [-0.1, -0.05) is 386 Å². The molecule has 0 radical (unpaired) electrons. The first-order valence-corrected chi connectivity index (χ1v) is 37.6. The summed E-state index contributed by atoms with van der Waals surface area (Å²) in [4.78, 5) is 24.7. The van der Waals surface area contributed by atoms with E-state index in [1.807, 2.05) is 0 Å². The quantitative estimate of drug-likeness (QED) is 0.0373. The fourth-order valence-electron chi connectivity index (χ4n) is 10.9. The van der Waals surface area contributed by atoms with E-state index in [0.29, 0.717) is 12.8 Å². The Morgan fingerprint density at radius 1 is 0.276 bits per heavy atom. The number of aliphatic hydroxyl groups is 1. The fourth-order valence-corrected chi connectivity index (χ4v) is 10.9. The van der Waals surface area contributed by atoms with Crippen LogP contribution in [-0.2, 0) is 19.1 Å². The molecule has 0 amide bonds. The van der Waals surface area contributed by atoms with Gasteiger partial charge < -0.3 is 14.6 Å². The molecule has 0 aliphatic heterocycles. The van der Waals surface area contributed by atoms with Gasteiger partial charge >= 0.3 is 11.9 Å². The molecule has 1 atom stereocenters. The van der Waals surface area contributed by atoms with Crippen LogP contribution in [0.15, 0.2) is 122 Å². The molecular weight excluding hydrogens is 1060 g/mol. The number of unbranched alkanes of at least 4 members (excludes halogenated alkanes) is 41. The van der Waals surface area contributed by atoms with Crippen molar-refractivity contribution in [2.75, 3.05) is 13.2 Å². The monoisotopic (exact) mass is 1210 g/mol. The molecule has 1 N–H and O–H groups in total. The SMILES string of the molecule is CC/C=C\C/C=C\C/C=C\C/C=C\C/C=C\C/C=C\C/C=C\C/C=C\C/C=C\C/C=C\CCCCCCCCCCC(=O)OC(CO)COC(=O)CCCCCCCCCCCCCCCCCCCCCCCCCCCCCCCCCCCC. The number of carbonyl (C=O) groups excluding carboxylic acids is 2. The van der Waals surface area contributed by atoms with Crippen molar-refractivity contribution in [3.63, 3.8) is 0 Å². The molecule has 0 saturated heterocycles. The maximum atomic E-state index is 12.4. The van der Waals surface area contributed by atoms with Crippen LogP contribution in [0.1, 0.15) is 367 Å². The summed E-state index contributed by atoms with van der Waals surface area (Å²) < 4.78 is 10.8. The zero-order valence-corrected chi connectivity index (χ0v) is 57.5. The smallest absolute Gasteiger partial charge is 0.306 e. The first-order chi connectivity index (χ1) is 43.1. The lowest BCUT2D eigenvalue weighted by Crippen LogP contribution is -2.28. The van der Waals surface area contributed by atoms with E-state index in [2.05, 4.69) is 135 Å². The molecule has 0 heterocycles. The van der Waals surface area contributed by atoms with Gasteiger partial charge in [-0.05, 0) is 89.9 Å². The summed E-state index contributed by atoms with van der Waals surface area (Å²) in [6.07, 6.45) is 113. The van der Waals surface area contributed by atoms with E-state index in [1.54, 1.807) is 0 Å². The van der Waals surface area contributed by atoms with Crippen LogP contribution in [-0.4, -0.2) is 36.4 Å². The highest BCUT2D eigenvalue weighted by molar-refractivity contribution is 5.70. The van der Waals surface area contributed by atoms with Gasteiger partial charge in [-0.2, -0.15) is 0 Å². The van der Waals surface area contributed by atoms with Crippen LogP contribution in [0.2, 0.25) is 0 Å². The lowest BCUT2D eigenvalue weighted by Gasteiger charge is -2.15. The van der Waals surface area contributed by atoms with Gasteiger partial charge in [0.15, 0.2) is 6.10 Å². The first-order valence-electron chi connectivity index (χ1n) is 37.6. The molecule has 0 aromatic carbocycles. The van der Waals surface area contributed by atoms with Gasteiger partial charge in [0, 0.05) is 12.8 Å². The van der Waals surface area contributed by atoms with Crippen LogP contribution in [0.25, 0.3) is 0 Å². The molecule has 1 unspecified atom stereocenters. The summed E-state index contributed by atoms with van der Waals surface area (Å²) in [5.74, 6) is -0.591. The minimum Gasteiger partial charge on any atom is -0.462 e. The largest absolute Gasteiger partial charge is 0.462 e. The standard InChI is InChI=1S/C82H142O5/c1-3-5-7-9-11-13-15-17-19-21-23-25-27-29-31-33-35-37-39-40-41-42-43-45-47-49-51-53-55-57-59-61-63-65-67-69-71-73-75-77-82(85)87-80(78-83)79-86-81(84)76-74-72-70-68-66-64-62-60-58-56-54-52-50-48-46-44-38-36-34-32-30-28-26-24-22-20-18-16-14-12-10-8-6-4-2/h5,7,11,13,17,19,23,25,29,31,35,37,40-41,43,45,49,51,55,57,80,83H,3-4,6,8-10,12,14-16,18,20-22,24,26-28,30,32-34,36,38-39,42,44,46-48,50,52-54,56,58-79H2,1-2H3/b7-5-,13-11-,19-17-,25-23-,31-29-,37-35-,41-40-,45-43-,51-49-,57-55-. The molecule has 87 heavy (non-hydrogen) atoms. The second-order valence-corrected chi connectivity index (χ2v) is 25.0. The minimum atomic E-state index is -0.784. The average molecular weight is 1210 g/mol. The fraction of sp³-hybridized carbons (Fsp3) is 0.732. The summed E-state index contributed by atoms with van der Waals surface area (Å²) in [5, 5.41) is 9.72. The molecule has 0 aliphatic carbocycles. The van der Waals surface area contributed by atoms with Gasteiger partial charge in [0.1, 0.15) is 6.61 Å². The van der Waals surface area contributed by atoms with Crippen LogP contribution in [0, 0.1) is 0 Å². The molecule has 5 heteroatoms. The van der Waals surface area contributed by atoms with Crippen LogP contribution in [0.3, 0.4) is 0 Å². The predicted octanol–water partition coefficient (Wildman–Crippen LogP) is 26.5. The first kappa shape index (κ1) is 83.3. The number of hydrogen-bond acceptors (Lipinski definition) is 5. The van der Waals surface area contributed by atoms with Crippen molar-refractivity contribution >= 4 is 11.9 Å². The van der Waals surface area contributed by atoms with Crippen LogP contribution in [0.4, 0.5) is 0 Å². The Balaban J connectivity index is 3.50. The number of carbonyl (C=O) groups is 2. The summed E-state index contributed by atoms with van der Waals surface area (Å²) in [6.45, 7) is 4.06. The molecule has 0 bridgehead atoms. The third kappa shape index (κ3) is 74.7. The number of esters is 2. The van der Waals surface area contributed by atoms with Crippen LogP contribution >= 0.6 is 0 Å². The number of hydrogen-bond donors (Lipinski definition) is 1. The van der Waals surface area contributed by atoms with Crippen LogP contribution < -0.4 is 0 Å². The number of allylic oxidation sites excluding steroid dienone is 20. The molecule has 0 saturated carbocycles. The second kappa shape index (κ2) is 76.5. The maximum Gasteiger partial charge on any atom is 0.306 e.